The number of nitrogens with one attached hydrogen (secondary N) is 1. The largest absolute Gasteiger partial charge is 0.494 e. The van der Waals surface area contributed by atoms with E-state index in [0.717, 1.165) is 42.0 Å². The van der Waals surface area contributed by atoms with Crippen LogP contribution in [0.1, 0.15) is 82.1 Å². The van der Waals surface area contributed by atoms with Crippen molar-refractivity contribution in [2.24, 2.45) is 5.92 Å². The highest BCUT2D eigenvalue weighted by Gasteiger charge is 2.51. The van der Waals surface area contributed by atoms with Crippen LogP contribution in [0.5, 0.6) is 0 Å². The Hall–Kier alpha value is -2.77. The molecule has 194 valence electrons. The number of fused-ring (bicyclic) bond motifs is 1. The highest BCUT2D eigenvalue weighted by atomic mass is 19.1. The topological polar surface area (TPSA) is 60.5 Å². The fraction of sp³-hybridized carbons (Fsp3) is 0.467. The summed E-state index contributed by atoms with van der Waals surface area (Å²) in [6.07, 6.45) is 5.90. The number of rotatable bonds is 5. The van der Waals surface area contributed by atoms with Crippen molar-refractivity contribution >= 4 is 29.4 Å². The van der Waals surface area contributed by atoms with E-state index in [9.17, 15) is 9.18 Å². The molecule has 7 heteroatoms. The van der Waals surface area contributed by atoms with Crippen LogP contribution in [0.4, 0.5) is 4.39 Å². The van der Waals surface area contributed by atoms with Crippen molar-refractivity contribution in [3.8, 4) is 0 Å². The lowest BCUT2D eigenvalue weighted by Gasteiger charge is -2.33. The molecule has 0 spiro atoms. The molecule has 2 heterocycles. The van der Waals surface area contributed by atoms with Gasteiger partial charge in [0.05, 0.1) is 16.7 Å². The van der Waals surface area contributed by atoms with Gasteiger partial charge in [0.1, 0.15) is 5.82 Å². The predicted octanol–water partition coefficient (Wildman–Crippen LogP) is 5.77. The van der Waals surface area contributed by atoms with Crippen LogP contribution in [0.2, 0.25) is 0 Å². The first-order valence-electron chi connectivity index (χ1n) is 13.3. The summed E-state index contributed by atoms with van der Waals surface area (Å²) in [6, 6.07) is 14.4. The Kier molecular flexibility index (Phi) is 6.88. The summed E-state index contributed by atoms with van der Waals surface area (Å²) in [7, 11) is -0.440. The second-order valence-corrected chi connectivity index (χ2v) is 11.6. The van der Waals surface area contributed by atoms with E-state index in [1.165, 1.54) is 11.6 Å². The van der Waals surface area contributed by atoms with Crippen LogP contribution in [0, 0.1) is 11.7 Å². The second-order valence-electron chi connectivity index (χ2n) is 11.6. The normalized spacial score (nSPS) is 23.7. The summed E-state index contributed by atoms with van der Waals surface area (Å²) in [5.41, 5.74) is 2.76. The molecule has 1 saturated heterocycles. The van der Waals surface area contributed by atoms with Crippen molar-refractivity contribution in [3.05, 3.63) is 71.7 Å². The average Bonchev–Trinajstić information content (AvgIpc) is 3.10. The number of benzene rings is 2. The van der Waals surface area contributed by atoms with E-state index in [0.29, 0.717) is 17.4 Å². The summed E-state index contributed by atoms with van der Waals surface area (Å²) < 4.78 is 26.1. The van der Waals surface area contributed by atoms with Crippen LogP contribution in [-0.4, -0.2) is 35.3 Å². The third kappa shape index (κ3) is 5.16. The van der Waals surface area contributed by atoms with E-state index in [2.05, 4.69) is 17.2 Å². The maximum atomic E-state index is 13.9. The third-order valence-corrected chi connectivity index (χ3v) is 8.71. The molecule has 1 aliphatic heterocycles. The van der Waals surface area contributed by atoms with Gasteiger partial charge in [-0.05, 0) is 120 Å². The van der Waals surface area contributed by atoms with Crippen molar-refractivity contribution in [1.82, 2.24) is 10.3 Å². The zero-order valence-corrected chi connectivity index (χ0v) is 22.4. The minimum absolute atomic E-state index is 0.0642. The lowest BCUT2D eigenvalue weighted by molar-refractivity contribution is 0.00578. The van der Waals surface area contributed by atoms with Gasteiger partial charge in [-0.15, -0.1) is 0 Å². The quantitative estimate of drug-likeness (QED) is 0.451. The first-order valence-corrected chi connectivity index (χ1v) is 13.3. The summed E-state index contributed by atoms with van der Waals surface area (Å²) in [5.74, 6) is 0.504. The Morgan fingerprint density at radius 2 is 1.65 bits per heavy atom. The SMILES string of the molecule is C[C@@H](NC(=O)c1ccc(B2OC(C)(C)C(C)(C)O2)cc1)C1CCC(c2ccnc3ccc(F)cc23)CC1. The number of pyridine rings is 1. The summed E-state index contributed by atoms with van der Waals surface area (Å²) in [5, 5.41) is 4.12. The number of nitrogens with zero attached hydrogens (tertiary/aromatic N) is 1. The molecule has 0 radical (unpaired) electrons. The molecule has 2 fully saturated rings. The average molecular weight is 502 g/mol. The van der Waals surface area contributed by atoms with Crippen LogP contribution < -0.4 is 10.8 Å². The van der Waals surface area contributed by atoms with Gasteiger partial charge in [-0.25, -0.2) is 4.39 Å². The van der Waals surface area contributed by atoms with Gasteiger partial charge in [-0.1, -0.05) is 12.1 Å². The Labute approximate surface area is 219 Å². The minimum Gasteiger partial charge on any atom is -0.399 e. The Bertz CT molecular complexity index is 1270. The highest BCUT2D eigenvalue weighted by molar-refractivity contribution is 6.62. The maximum absolute atomic E-state index is 13.9. The lowest BCUT2D eigenvalue weighted by atomic mass is 9.75. The van der Waals surface area contributed by atoms with Crippen molar-refractivity contribution in [2.75, 3.05) is 0 Å². The Balaban J connectivity index is 1.17. The van der Waals surface area contributed by atoms with E-state index in [4.69, 9.17) is 9.31 Å². The number of carbonyl (C=O) groups excluding carboxylic acids is 1. The zero-order chi connectivity index (χ0) is 26.4. The number of aromatic nitrogens is 1. The van der Waals surface area contributed by atoms with Gasteiger partial charge in [0.25, 0.3) is 5.91 Å². The zero-order valence-electron chi connectivity index (χ0n) is 22.4. The molecule has 1 N–H and O–H groups in total. The number of amides is 1. The summed E-state index contributed by atoms with van der Waals surface area (Å²) >= 11 is 0. The fourth-order valence-corrected chi connectivity index (χ4v) is 5.60. The standard InChI is InChI=1S/C30H36BFN2O3/c1-19(20-6-8-21(9-7-20)25-16-17-33-27-15-14-24(32)18-26(25)27)34-28(35)22-10-12-23(13-11-22)31-36-29(2,3)30(4,5)37-31/h10-21H,6-9H2,1-5H3,(H,34,35)/t19-,20?,21?/m1/s1. The molecule has 5 rings (SSSR count). The molecule has 37 heavy (non-hydrogen) atoms. The number of hydrogen-bond acceptors (Lipinski definition) is 4. The molecular formula is C30H36BFN2O3. The number of carbonyl (C=O) groups is 1. The van der Waals surface area contributed by atoms with Crippen molar-refractivity contribution in [2.45, 2.75) is 83.5 Å². The van der Waals surface area contributed by atoms with Crippen molar-refractivity contribution in [3.63, 3.8) is 0 Å². The molecule has 1 amide bonds. The molecule has 1 atom stereocenters. The fourth-order valence-electron chi connectivity index (χ4n) is 5.60. The maximum Gasteiger partial charge on any atom is 0.494 e. The smallest absolute Gasteiger partial charge is 0.399 e. The molecule has 2 aromatic carbocycles. The molecule has 0 bridgehead atoms. The molecule has 0 unspecified atom stereocenters. The summed E-state index contributed by atoms with van der Waals surface area (Å²) in [6.45, 7) is 10.2. The van der Waals surface area contributed by atoms with Crippen molar-refractivity contribution in [1.29, 1.82) is 0 Å². The van der Waals surface area contributed by atoms with Gasteiger partial charge in [0.15, 0.2) is 0 Å². The Morgan fingerprint density at radius 1 is 1.00 bits per heavy atom. The van der Waals surface area contributed by atoms with Gasteiger partial charge in [-0.2, -0.15) is 0 Å². The summed E-state index contributed by atoms with van der Waals surface area (Å²) in [4.78, 5) is 17.4. The van der Waals surface area contributed by atoms with E-state index in [-0.39, 0.29) is 17.8 Å². The van der Waals surface area contributed by atoms with Gasteiger partial charge in [0.2, 0.25) is 0 Å². The first kappa shape index (κ1) is 25.9. The first-order chi connectivity index (χ1) is 17.5. The lowest BCUT2D eigenvalue weighted by Crippen LogP contribution is -2.41. The van der Waals surface area contributed by atoms with Crippen LogP contribution in [-0.2, 0) is 9.31 Å². The van der Waals surface area contributed by atoms with Crippen LogP contribution >= 0.6 is 0 Å². The van der Waals surface area contributed by atoms with Crippen LogP contribution in [0.3, 0.4) is 0 Å². The molecule has 1 aromatic heterocycles. The van der Waals surface area contributed by atoms with Gasteiger partial charge in [0, 0.05) is 23.2 Å². The molecule has 1 aliphatic carbocycles. The molecule has 3 aromatic rings. The number of halogens is 1. The van der Waals surface area contributed by atoms with Crippen LogP contribution in [0.25, 0.3) is 10.9 Å². The van der Waals surface area contributed by atoms with E-state index in [1.807, 2.05) is 64.2 Å². The predicted molar refractivity (Wildman–Crippen MR) is 145 cm³/mol. The van der Waals surface area contributed by atoms with E-state index < -0.39 is 18.3 Å². The molecule has 5 nitrogen and oxygen atoms in total. The minimum atomic E-state index is -0.440. The van der Waals surface area contributed by atoms with Gasteiger partial charge < -0.3 is 14.6 Å². The third-order valence-electron chi connectivity index (χ3n) is 8.71. The molecule has 2 aliphatic rings. The van der Waals surface area contributed by atoms with Crippen LogP contribution in [0.15, 0.2) is 54.7 Å². The van der Waals surface area contributed by atoms with E-state index >= 15 is 0 Å². The van der Waals surface area contributed by atoms with Gasteiger partial charge >= 0.3 is 7.12 Å². The number of hydrogen-bond donors (Lipinski definition) is 1. The highest BCUT2D eigenvalue weighted by Crippen LogP contribution is 2.39. The van der Waals surface area contributed by atoms with Gasteiger partial charge in [-0.3, -0.25) is 9.78 Å². The molecule has 1 saturated carbocycles. The second kappa shape index (κ2) is 9.84. The Morgan fingerprint density at radius 3 is 2.30 bits per heavy atom. The molecular weight excluding hydrogens is 466 g/mol. The van der Waals surface area contributed by atoms with Crippen molar-refractivity contribution < 1.29 is 18.5 Å². The van der Waals surface area contributed by atoms with E-state index in [1.54, 1.807) is 12.1 Å². The monoisotopic (exact) mass is 502 g/mol.